The predicted octanol–water partition coefficient (Wildman–Crippen LogP) is 2.30. The minimum absolute atomic E-state index is 0.529. The average Bonchev–Trinajstić information content (AvgIpc) is 2.16. The number of anilines is 1. The number of nitrogens with one attached hydrogen (secondary N) is 1. The summed E-state index contributed by atoms with van der Waals surface area (Å²) in [5.74, 6) is 0. The van der Waals surface area contributed by atoms with Gasteiger partial charge in [0.2, 0.25) is 0 Å². The Hall–Kier alpha value is -1.49. The van der Waals surface area contributed by atoms with Crippen molar-refractivity contribution in [3.63, 3.8) is 0 Å². The molecule has 0 bridgehead atoms. The van der Waals surface area contributed by atoms with Crippen LogP contribution in [0.3, 0.4) is 0 Å². The zero-order valence-corrected chi connectivity index (χ0v) is 7.67. The van der Waals surface area contributed by atoms with Crippen molar-refractivity contribution in [1.29, 1.82) is 5.26 Å². The highest BCUT2D eigenvalue weighted by Crippen LogP contribution is 2.25. The lowest BCUT2D eigenvalue weighted by atomic mass is 9.98. The van der Waals surface area contributed by atoms with Gasteiger partial charge >= 0.3 is 0 Å². The Morgan fingerprint density at radius 3 is 3.15 bits per heavy atom. The molecular weight excluding hydrogens is 160 g/mol. The van der Waals surface area contributed by atoms with Crippen LogP contribution in [0, 0.1) is 11.3 Å². The summed E-state index contributed by atoms with van der Waals surface area (Å²) in [6.45, 7) is 2.17. The number of benzene rings is 1. The maximum Gasteiger partial charge on any atom is 0.0992 e. The first-order valence-corrected chi connectivity index (χ1v) is 4.59. The fraction of sp³-hybridized carbons (Fsp3) is 0.364. The van der Waals surface area contributed by atoms with Crippen LogP contribution >= 0.6 is 0 Å². The van der Waals surface area contributed by atoms with E-state index in [2.05, 4.69) is 18.3 Å². The second-order valence-electron chi connectivity index (χ2n) is 3.57. The van der Waals surface area contributed by atoms with E-state index in [1.807, 2.05) is 18.2 Å². The first-order chi connectivity index (χ1) is 6.29. The van der Waals surface area contributed by atoms with Crippen LogP contribution in [0.25, 0.3) is 0 Å². The van der Waals surface area contributed by atoms with Crippen molar-refractivity contribution in [2.45, 2.75) is 25.8 Å². The van der Waals surface area contributed by atoms with E-state index in [4.69, 9.17) is 5.26 Å². The lowest BCUT2D eigenvalue weighted by Gasteiger charge is -2.23. The van der Waals surface area contributed by atoms with Crippen molar-refractivity contribution in [1.82, 2.24) is 0 Å². The molecule has 0 saturated heterocycles. The Balaban J connectivity index is 2.39. The molecule has 0 spiro atoms. The fourth-order valence-electron chi connectivity index (χ4n) is 1.71. The van der Waals surface area contributed by atoms with Gasteiger partial charge < -0.3 is 5.32 Å². The third-order valence-electron chi connectivity index (χ3n) is 2.49. The molecule has 0 radical (unpaired) electrons. The van der Waals surface area contributed by atoms with Crippen molar-refractivity contribution >= 4 is 5.69 Å². The monoisotopic (exact) mass is 172 g/mol. The Labute approximate surface area is 78.2 Å². The molecule has 1 aromatic carbocycles. The summed E-state index contributed by atoms with van der Waals surface area (Å²) in [5, 5.41) is 12.1. The molecule has 2 heteroatoms. The van der Waals surface area contributed by atoms with Gasteiger partial charge in [0, 0.05) is 11.7 Å². The second-order valence-corrected chi connectivity index (χ2v) is 3.57. The molecule has 66 valence electrons. The number of aryl methyl sites for hydroxylation is 1. The van der Waals surface area contributed by atoms with Gasteiger partial charge in [0.1, 0.15) is 0 Å². The number of fused-ring (bicyclic) bond motifs is 1. The molecule has 0 aromatic heterocycles. The second kappa shape index (κ2) is 3.10. The number of nitriles is 1. The van der Waals surface area contributed by atoms with E-state index in [-0.39, 0.29) is 0 Å². The summed E-state index contributed by atoms with van der Waals surface area (Å²) in [4.78, 5) is 0. The van der Waals surface area contributed by atoms with Crippen LogP contribution in [-0.4, -0.2) is 6.04 Å². The predicted molar refractivity (Wildman–Crippen MR) is 52.6 cm³/mol. The van der Waals surface area contributed by atoms with Gasteiger partial charge in [-0.15, -0.1) is 0 Å². The van der Waals surface area contributed by atoms with Gasteiger partial charge in [-0.2, -0.15) is 5.26 Å². The number of hydrogen-bond acceptors (Lipinski definition) is 2. The maximum absolute atomic E-state index is 8.73. The quantitative estimate of drug-likeness (QED) is 0.651. The molecule has 1 aliphatic heterocycles. The van der Waals surface area contributed by atoms with E-state index in [9.17, 15) is 0 Å². The maximum atomic E-state index is 8.73. The molecule has 2 rings (SSSR count). The van der Waals surface area contributed by atoms with Gasteiger partial charge in [0.25, 0.3) is 0 Å². The minimum atomic E-state index is 0.529. The molecule has 0 saturated carbocycles. The van der Waals surface area contributed by atoms with Gasteiger partial charge in [0.05, 0.1) is 11.6 Å². The van der Waals surface area contributed by atoms with E-state index in [1.54, 1.807) is 0 Å². The minimum Gasteiger partial charge on any atom is -0.382 e. The summed E-state index contributed by atoms with van der Waals surface area (Å²) in [6.07, 6.45) is 2.30. The molecule has 0 fully saturated rings. The first kappa shape index (κ1) is 8.12. The number of nitrogens with zero attached hydrogens (tertiary/aromatic N) is 1. The number of hydrogen-bond donors (Lipinski definition) is 1. The summed E-state index contributed by atoms with van der Waals surface area (Å²) in [5.41, 5.74) is 3.20. The van der Waals surface area contributed by atoms with Gasteiger partial charge in [0.15, 0.2) is 0 Å². The van der Waals surface area contributed by atoms with Crippen LogP contribution in [0.5, 0.6) is 0 Å². The molecule has 0 unspecified atom stereocenters. The molecule has 1 atom stereocenters. The third kappa shape index (κ3) is 1.50. The smallest absolute Gasteiger partial charge is 0.0992 e. The molecule has 1 aromatic rings. The van der Waals surface area contributed by atoms with Crippen LogP contribution < -0.4 is 5.32 Å². The normalized spacial score (nSPS) is 19.8. The highest BCUT2D eigenvalue weighted by Gasteiger charge is 2.13. The summed E-state index contributed by atoms with van der Waals surface area (Å²) >= 11 is 0. The highest BCUT2D eigenvalue weighted by atomic mass is 14.9. The molecule has 0 amide bonds. The van der Waals surface area contributed by atoms with Crippen LogP contribution in [-0.2, 0) is 6.42 Å². The van der Waals surface area contributed by atoms with Crippen LogP contribution in [0.2, 0.25) is 0 Å². The molecule has 1 N–H and O–H groups in total. The summed E-state index contributed by atoms with van der Waals surface area (Å²) < 4.78 is 0. The Kier molecular flexibility index (Phi) is 1.94. The molecular formula is C11H12N2. The molecule has 2 nitrogen and oxygen atoms in total. The van der Waals surface area contributed by atoms with E-state index in [1.165, 1.54) is 12.0 Å². The topological polar surface area (TPSA) is 35.8 Å². The van der Waals surface area contributed by atoms with Gasteiger partial charge in [-0.3, -0.25) is 0 Å². The lowest BCUT2D eigenvalue weighted by molar-refractivity contribution is 0.681. The van der Waals surface area contributed by atoms with Gasteiger partial charge in [-0.1, -0.05) is 6.07 Å². The van der Waals surface area contributed by atoms with Crippen molar-refractivity contribution in [2.24, 2.45) is 0 Å². The first-order valence-electron chi connectivity index (χ1n) is 4.59. The van der Waals surface area contributed by atoms with E-state index < -0.39 is 0 Å². The Morgan fingerprint density at radius 2 is 2.38 bits per heavy atom. The standard InChI is InChI=1S/C11H12N2/c1-8-2-4-10-5-3-9(7-12)6-11(10)13-8/h3,5-6,8,13H,2,4H2,1H3/t8-/m0/s1. The zero-order valence-electron chi connectivity index (χ0n) is 7.67. The van der Waals surface area contributed by atoms with Gasteiger partial charge in [-0.05, 0) is 37.5 Å². The molecule has 1 aliphatic rings. The summed E-state index contributed by atoms with van der Waals surface area (Å²) in [7, 11) is 0. The summed E-state index contributed by atoms with van der Waals surface area (Å²) in [6, 6.07) is 8.55. The van der Waals surface area contributed by atoms with Gasteiger partial charge in [-0.25, -0.2) is 0 Å². The Morgan fingerprint density at radius 1 is 1.54 bits per heavy atom. The Bertz CT molecular complexity index is 363. The van der Waals surface area contributed by atoms with E-state index in [0.717, 1.165) is 17.7 Å². The molecule has 0 aliphatic carbocycles. The lowest BCUT2D eigenvalue weighted by Crippen LogP contribution is -2.21. The van der Waals surface area contributed by atoms with Crippen molar-refractivity contribution in [3.05, 3.63) is 29.3 Å². The SMILES string of the molecule is C[C@H]1CCc2ccc(C#N)cc2N1. The largest absolute Gasteiger partial charge is 0.382 e. The third-order valence-corrected chi connectivity index (χ3v) is 2.49. The molecule has 13 heavy (non-hydrogen) atoms. The van der Waals surface area contributed by atoms with E-state index >= 15 is 0 Å². The fourth-order valence-corrected chi connectivity index (χ4v) is 1.71. The average molecular weight is 172 g/mol. The van der Waals surface area contributed by atoms with Crippen LogP contribution in [0.1, 0.15) is 24.5 Å². The van der Waals surface area contributed by atoms with Crippen LogP contribution in [0.4, 0.5) is 5.69 Å². The highest BCUT2D eigenvalue weighted by molar-refractivity contribution is 5.57. The van der Waals surface area contributed by atoms with Crippen molar-refractivity contribution in [2.75, 3.05) is 5.32 Å². The van der Waals surface area contributed by atoms with Crippen molar-refractivity contribution < 1.29 is 0 Å². The molecule has 1 heterocycles. The van der Waals surface area contributed by atoms with Crippen LogP contribution in [0.15, 0.2) is 18.2 Å². The van der Waals surface area contributed by atoms with Crippen molar-refractivity contribution in [3.8, 4) is 6.07 Å². The number of rotatable bonds is 0. The van der Waals surface area contributed by atoms with E-state index in [0.29, 0.717) is 6.04 Å². The zero-order chi connectivity index (χ0) is 9.26.